The number of hydrogen-bond donors (Lipinski definition) is 2. The van der Waals surface area contributed by atoms with Gasteiger partial charge in [0.25, 0.3) is 0 Å². The first-order chi connectivity index (χ1) is 5.84. The number of nitrogens with zero attached hydrogens (tertiary/aromatic N) is 1. The van der Waals surface area contributed by atoms with Crippen LogP contribution in [-0.4, -0.2) is 29.6 Å². The molecule has 0 aliphatic heterocycles. The van der Waals surface area contributed by atoms with Crippen LogP contribution in [0.2, 0.25) is 0 Å². The molecule has 0 spiro atoms. The number of benzene rings is 1. The third-order valence-corrected chi connectivity index (χ3v) is 1.40. The van der Waals surface area contributed by atoms with Crippen LogP contribution in [0.5, 0.6) is 5.75 Å². The van der Waals surface area contributed by atoms with E-state index in [-0.39, 0.29) is 28.8 Å². The zero-order chi connectivity index (χ0) is 8.81. The molecule has 13 heavy (non-hydrogen) atoms. The van der Waals surface area contributed by atoms with Crippen molar-refractivity contribution in [3.63, 3.8) is 0 Å². The molecule has 0 amide bonds. The van der Waals surface area contributed by atoms with E-state index in [1.165, 1.54) is 0 Å². The summed E-state index contributed by atoms with van der Waals surface area (Å²) in [6.45, 7) is 0.401. The Bertz CT molecular complexity index is 276. The molecule has 0 fully saturated rings. The minimum atomic E-state index is 0. The Hall–Kier alpha value is -0.856. The Morgan fingerprint density at radius 1 is 1.31 bits per heavy atom. The summed E-state index contributed by atoms with van der Waals surface area (Å²) in [4.78, 5) is 3.89. The predicted molar refractivity (Wildman–Crippen MR) is 47.7 cm³/mol. The summed E-state index contributed by atoms with van der Waals surface area (Å²) in [6.07, 6.45) is 1.55. The zero-order valence-corrected chi connectivity index (χ0v) is 7.95. The van der Waals surface area contributed by atoms with E-state index in [0.29, 0.717) is 12.1 Å². The van der Waals surface area contributed by atoms with E-state index in [9.17, 15) is 5.11 Å². The van der Waals surface area contributed by atoms with Crippen molar-refractivity contribution in [3.8, 4) is 5.75 Å². The van der Waals surface area contributed by atoms with Crippen LogP contribution < -0.4 is 0 Å². The van der Waals surface area contributed by atoms with Crippen molar-refractivity contribution in [3.05, 3.63) is 29.8 Å². The van der Waals surface area contributed by atoms with Gasteiger partial charge in [-0.05, 0) is 12.1 Å². The van der Waals surface area contributed by atoms with Crippen LogP contribution in [0.3, 0.4) is 0 Å². The van der Waals surface area contributed by atoms with E-state index in [0.717, 1.165) is 0 Å². The van der Waals surface area contributed by atoms with E-state index < -0.39 is 0 Å². The van der Waals surface area contributed by atoms with Crippen LogP contribution >= 0.6 is 0 Å². The quantitative estimate of drug-likeness (QED) is 0.589. The van der Waals surface area contributed by atoms with Crippen LogP contribution in [0.4, 0.5) is 0 Å². The van der Waals surface area contributed by atoms with Crippen LogP contribution in [-0.2, 0) is 16.5 Å². The van der Waals surface area contributed by atoms with E-state index in [4.69, 9.17) is 5.11 Å². The molecular formula is C9H11NNiO2. The van der Waals surface area contributed by atoms with Gasteiger partial charge in [0.2, 0.25) is 0 Å². The van der Waals surface area contributed by atoms with E-state index in [1.54, 1.807) is 24.4 Å². The molecule has 74 valence electrons. The first kappa shape index (κ1) is 12.1. The molecule has 0 heterocycles. The molecule has 0 aromatic heterocycles. The molecule has 1 rings (SSSR count). The average molecular weight is 224 g/mol. The average Bonchev–Trinajstić information content (AvgIpc) is 2.09. The first-order valence-electron chi connectivity index (χ1n) is 3.73. The number of phenolic OH excluding ortho intramolecular Hbond substituents is 1. The molecule has 0 unspecified atom stereocenters. The largest absolute Gasteiger partial charge is 0.507 e. The number of aliphatic hydroxyl groups is 1. The zero-order valence-electron chi connectivity index (χ0n) is 6.96. The van der Waals surface area contributed by atoms with Gasteiger partial charge in [-0.3, -0.25) is 4.99 Å². The number of aliphatic imine (C=N–C) groups is 1. The Morgan fingerprint density at radius 2 is 2.00 bits per heavy atom. The van der Waals surface area contributed by atoms with Crippen molar-refractivity contribution in [2.45, 2.75) is 0 Å². The molecule has 0 aliphatic rings. The van der Waals surface area contributed by atoms with Crippen LogP contribution in [0.1, 0.15) is 5.56 Å². The molecular weight excluding hydrogens is 213 g/mol. The van der Waals surface area contributed by atoms with E-state index in [2.05, 4.69) is 4.99 Å². The molecule has 4 heteroatoms. The standard InChI is InChI=1S/C9H11NO2.Ni/c11-6-5-10-7-8-3-1-2-4-9(8)12;/h1-4,7,11-12H,5-6H2;. The van der Waals surface area contributed by atoms with Gasteiger partial charge in [0.15, 0.2) is 0 Å². The summed E-state index contributed by atoms with van der Waals surface area (Å²) in [7, 11) is 0. The van der Waals surface area contributed by atoms with Crippen LogP contribution in [0.15, 0.2) is 29.3 Å². The molecule has 0 saturated heterocycles. The van der Waals surface area contributed by atoms with Crippen molar-refractivity contribution >= 4 is 6.21 Å². The van der Waals surface area contributed by atoms with Gasteiger partial charge in [-0.15, -0.1) is 0 Å². The van der Waals surface area contributed by atoms with Gasteiger partial charge in [-0.1, -0.05) is 12.1 Å². The molecule has 1 aromatic carbocycles. The van der Waals surface area contributed by atoms with Crippen molar-refractivity contribution < 1.29 is 26.7 Å². The Labute approximate surface area is 87.1 Å². The molecule has 0 atom stereocenters. The van der Waals surface area contributed by atoms with Gasteiger partial charge in [-0.2, -0.15) is 0 Å². The smallest absolute Gasteiger partial charge is 0.124 e. The Morgan fingerprint density at radius 3 is 2.62 bits per heavy atom. The molecule has 0 saturated carbocycles. The van der Waals surface area contributed by atoms with Crippen LogP contribution in [0, 0.1) is 0 Å². The molecule has 1 aromatic rings. The maximum Gasteiger partial charge on any atom is 0.124 e. The fourth-order valence-corrected chi connectivity index (χ4v) is 0.817. The Kier molecular flexibility index (Phi) is 6.20. The second-order valence-electron chi connectivity index (χ2n) is 2.32. The first-order valence-corrected chi connectivity index (χ1v) is 3.73. The SMILES string of the molecule is OCCN=Cc1ccccc1O.[Ni]. The number of aliphatic hydroxyl groups excluding tert-OH is 1. The molecule has 0 radical (unpaired) electrons. The number of rotatable bonds is 3. The van der Waals surface area contributed by atoms with Crippen molar-refractivity contribution in [1.82, 2.24) is 0 Å². The van der Waals surface area contributed by atoms with Crippen molar-refractivity contribution in [1.29, 1.82) is 0 Å². The number of para-hydroxylation sites is 1. The minimum Gasteiger partial charge on any atom is -0.507 e. The van der Waals surface area contributed by atoms with E-state index in [1.807, 2.05) is 6.07 Å². The number of phenols is 1. The Balaban J connectivity index is 0.00000144. The maximum absolute atomic E-state index is 9.26. The predicted octanol–water partition coefficient (Wildman–Crippen LogP) is 0.801. The van der Waals surface area contributed by atoms with Gasteiger partial charge in [-0.25, -0.2) is 0 Å². The number of aromatic hydroxyl groups is 1. The molecule has 3 nitrogen and oxygen atoms in total. The molecule has 2 N–H and O–H groups in total. The van der Waals surface area contributed by atoms with Crippen molar-refractivity contribution in [2.75, 3.05) is 13.2 Å². The van der Waals surface area contributed by atoms with Gasteiger partial charge in [0.05, 0.1) is 13.2 Å². The van der Waals surface area contributed by atoms with Crippen molar-refractivity contribution in [2.24, 2.45) is 4.99 Å². The second kappa shape index (κ2) is 6.64. The van der Waals surface area contributed by atoms with Gasteiger partial charge in [0.1, 0.15) is 5.75 Å². The summed E-state index contributed by atoms with van der Waals surface area (Å²) < 4.78 is 0. The summed E-state index contributed by atoms with van der Waals surface area (Å²) in [5.41, 5.74) is 0.672. The summed E-state index contributed by atoms with van der Waals surface area (Å²) in [6, 6.07) is 6.93. The van der Waals surface area contributed by atoms with E-state index >= 15 is 0 Å². The fourth-order valence-electron chi connectivity index (χ4n) is 0.817. The topological polar surface area (TPSA) is 52.8 Å². The van der Waals surface area contributed by atoms with Gasteiger partial charge >= 0.3 is 0 Å². The monoisotopic (exact) mass is 223 g/mol. The number of hydrogen-bond acceptors (Lipinski definition) is 3. The minimum absolute atomic E-state index is 0. The normalized spacial score (nSPS) is 9.92. The summed E-state index contributed by atoms with van der Waals surface area (Å²) in [5, 5.41) is 17.7. The fraction of sp³-hybridized carbons (Fsp3) is 0.222. The summed E-state index contributed by atoms with van der Waals surface area (Å²) in [5.74, 6) is 0.208. The third-order valence-electron chi connectivity index (χ3n) is 1.40. The maximum atomic E-state index is 9.26. The molecule has 0 bridgehead atoms. The second-order valence-corrected chi connectivity index (χ2v) is 2.32. The summed E-state index contributed by atoms with van der Waals surface area (Å²) >= 11 is 0. The molecule has 0 aliphatic carbocycles. The third kappa shape index (κ3) is 4.06. The van der Waals surface area contributed by atoms with Gasteiger partial charge in [0, 0.05) is 28.3 Å². The van der Waals surface area contributed by atoms with Crippen LogP contribution in [0.25, 0.3) is 0 Å². The van der Waals surface area contributed by atoms with Gasteiger partial charge < -0.3 is 10.2 Å².